The lowest BCUT2D eigenvalue weighted by Gasteiger charge is -2.13. The maximum Gasteiger partial charge on any atom is 0.573 e. The van der Waals surface area contributed by atoms with Gasteiger partial charge < -0.3 is 15.4 Å². The zero-order chi connectivity index (χ0) is 15.0. The maximum atomic E-state index is 12.2. The van der Waals surface area contributed by atoms with Crippen molar-refractivity contribution in [3.05, 3.63) is 29.8 Å². The van der Waals surface area contributed by atoms with Crippen molar-refractivity contribution in [3.8, 4) is 5.75 Å². The van der Waals surface area contributed by atoms with E-state index in [-0.39, 0.29) is 24.7 Å². The molecule has 1 aromatic rings. The van der Waals surface area contributed by atoms with E-state index in [0.29, 0.717) is 12.1 Å². The number of rotatable bonds is 7. The predicted octanol–water partition coefficient (Wildman–Crippen LogP) is 2.20. The van der Waals surface area contributed by atoms with E-state index in [4.69, 9.17) is 0 Å². The van der Waals surface area contributed by atoms with Gasteiger partial charge in [-0.05, 0) is 12.5 Å². The van der Waals surface area contributed by atoms with Gasteiger partial charge in [0.1, 0.15) is 5.75 Å². The third kappa shape index (κ3) is 6.42. The second kappa shape index (κ2) is 7.74. The molecule has 0 aliphatic rings. The molecule has 0 saturated carbocycles. The largest absolute Gasteiger partial charge is 0.573 e. The lowest BCUT2D eigenvalue weighted by Crippen LogP contribution is -2.34. The van der Waals surface area contributed by atoms with E-state index in [9.17, 15) is 18.0 Å². The Labute approximate surface area is 115 Å². The third-order valence-corrected chi connectivity index (χ3v) is 2.37. The topological polar surface area (TPSA) is 50.4 Å². The van der Waals surface area contributed by atoms with E-state index in [2.05, 4.69) is 15.4 Å². The summed E-state index contributed by atoms with van der Waals surface area (Å²) in [5, 5.41) is 5.44. The molecule has 0 unspecified atom stereocenters. The van der Waals surface area contributed by atoms with Gasteiger partial charge in [-0.1, -0.05) is 25.1 Å². The molecular formula is C13H17F3N2O2. The van der Waals surface area contributed by atoms with Crippen molar-refractivity contribution < 1.29 is 22.7 Å². The van der Waals surface area contributed by atoms with Crippen LogP contribution in [0.1, 0.15) is 18.9 Å². The van der Waals surface area contributed by atoms with E-state index in [1.807, 2.05) is 6.92 Å². The quantitative estimate of drug-likeness (QED) is 0.809. The van der Waals surface area contributed by atoms with Crippen LogP contribution in [0.4, 0.5) is 13.2 Å². The average molecular weight is 290 g/mol. The molecule has 7 heteroatoms. The van der Waals surface area contributed by atoms with Crippen molar-refractivity contribution in [1.82, 2.24) is 10.6 Å². The number of carbonyl (C=O) groups excluding carboxylic acids is 1. The SMILES string of the molecule is CCCNC(=O)CNCc1ccccc1OC(F)(F)F. The number of para-hydroxylation sites is 1. The van der Waals surface area contributed by atoms with E-state index < -0.39 is 6.36 Å². The zero-order valence-electron chi connectivity index (χ0n) is 11.1. The summed E-state index contributed by atoms with van der Waals surface area (Å²) in [6.45, 7) is 2.67. The van der Waals surface area contributed by atoms with E-state index in [1.54, 1.807) is 6.07 Å². The summed E-state index contributed by atoms with van der Waals surface area (Å²) in [4.78, 5) is 11.3. The first-order chi connectivity index (χ1) is 9.42. The van der Waals surface area contributed by atoms with Gasteiger partial charge >= 0.3 is 6.36 Å². The minimum Gasteiger partial charge on any atom is -0.405 e. The lowest BCUT2D eigenvalue weighted by atomic mass is 10.2. The highest BCUT2D eigenvalue weighted by Crippen LogP contribution is 2.25. The molecule has 2 N–H and O–H groups in total. The van der Waals surface area contributed by atoms with Crippen LogP contribution in [0, 0.1) is 0 Å². The molecule has 0 aromatic heterocycles. The Hall–Kier alpha value is -1.76. The Morgan fingerprint density at radius 3 is 2.65 bits per heavy atom. The van der Waals surface area contributed by atoms with Gasteiger partial charge in [0.2, 0.25) is 5.91 Å². The summed E-state index contributed by atoms with van der Waals surface area (Å²) in [5.74, 6) is -0.456. The predicted molar refractivity (Wildman–Crippen MR) is 68.1 cm³/mol. The van der Waals surface area contributed by atoms with Gasteiger partial charge in [-0.15, -0.1) is 13.2 Å². The molecule has 0 aliphatic heterocycles. The maximum absolute atomic E-state index is 12.2. The van der Waals surface area contributed by atoms with Crippen molar-refractivity contribution in [1.29, 1.82) is 0 Å². The smallest absolute Gasteiger partial charge is 0.405 e. The number of ether oxygens (including phenoxy) is 1. The van der Waals surface area contributed by atoms with Gasteiger partial charge in [0, 0.05) is 18.7 Å². The van der Waals surface area contributed by atoms with Crippen LogP contribution in [0.5, 0.6) is 5.75 Å². The number of nitrogens with one attached hydrogen (secondary N) is 2. The summed E-state index contributed by atoms with van der Waals surface area (Å²) >= 11 is 0. The molecular weight excluding hydrogens is 273 g/mol. The fourth-order valence-corrected chi connectivity index (χ4v) is 1.51. The fourth-order valence-electron chi connectivity index (χ4n) is 1.51. The van der Waals surface area contributed by atoms with Gasteiger partial charge in [-0.25, -0.2) is 0 Å². The normalized spacial score (nSPS) is 11.2. The highest BCUT2D eigenvalue weighted by Gasteiger charge is 2.31. The van der Waals surface area contributed by atoms with Crippen LogP contribution in [0.15, 0.2) is 24.3 Å². The van der Waals surface area contributed by atoms with Crippen LogP contribution < -0.4 is 15.4 Å². The summed E-state index contributed by atoms with van der Waals surface area (Å²) in [7, 11) is 0. The Bertz CT molecular complexity index is 436. The van der Waals surface area contributed by atoms with E-state index in [0.717, 1.165) is 6.42 Å². The first kappa shape index (κ1) is 16.3. The molecule has 0 spiro atoms. The molecule has 4 nitrogen and oxygen atoms in total. The van der Waals surface area contributed by atoms with E-state index >= 15 is 0 Å². The molecule has 0 radical (unpaired) electrons. The van der Waals surface area contributed by atoms with Gasteiger partial charge in [0.25, 0.3) is 0 Å². The van der Waals surface area contributed by atoms with Crippen LogP contribution in [0.3, 0.4) is 0 Å². The average Bonchev–Trinajstić information content (AvgIpc) is 2.36. The minimum absolute atomic E-state index is 0.0420. The van der Waals surface area contributed by atoms with Crippen molar-refractivity contribution in [2.45, 2.75) is 26.3 Å². The third-order valence-electron chi connectivity index (χ3n) is 2.37. The molecule has 0 saturated heterocycles. The Morgan fingerprint density at radius 2 is 2.00 bits per heavy atom. The molecule has 0 atom stereocenters. The second-order valence-corrected chi connectivity index (χ2v) is 4.11. The first-order valence-electron chi connectivity index (χ1n) is 6.23. The minimum atomic E-state index is -4.73. The van der Waals surface area contributed by atoms with Crippen molar-refractivity contribution in [3.63, 3.8) is 0 Å². The summed E-state index contributed by atoms with van der Waals surface area (Å²) in [6.07, 6.45) is -3.90. The molecule has 0 fully saturated rings. The molecule has 0 bridgehead atoms. The zero-order valence-corrected chi connectivity index (χ0v) is 11.1. The van der Waals surface area contributed by atoms with Crippen LogP contribution in [-0.4, -0.2) is 25.4 Å². The standard InChI is InChI=1S/C13H17F3N2O2/c1-2-7-18-12(19)9-17-8-10-5-3-4-6-11(10)20-13(14,15)16/h3-6,17H,2,7-9H2,1H3,(H,18,19). The number of hydrogen-bond acceptors (Lipinski definition) is 3. The number of halogens is 3. The van der Waals surface area contributed by atoms with Gasteiger partial charge in [-0.3, -0.25) is 4.79 Å². The first-order valence-corrected chi connectivity index (χ1v) is 6.23. The van der Waals surface area contributed by atoms with Gasteiger partial charge in [0.05, 0.1) is 6.54 Å². The second-order valence-electron chi connectivity index (χ2n) is 4.11. The molecule has 20 heavy (non-hydrogen) atoms. The van der Waals surface area contributed by atoms with Crippen LogP contribution >= 0.6 is 0 Å². The van der Waals surface area contributed by atoms with Crippen molar-refractivity contribution >= 4 is 5.91 Å². The number of alkyl halides is 3. The van der Waals surface area contributed by atoms with Crippen molar-refractivity contribution in [2.24, 2.45) is 0 Å². The highest BCUT2D eigenvalue weighted by molar-refractivity contribution is 5.77. The fraction of sp³-hybridized carbons (Fsp3) is 0.462. The summed E-state index contributed by atoms with van der Waals surface area (Å²) < 4.78 is 40.5. The molecule has 1 aromatic carbocycles. The number of carbonyl (C=O) groups is 1. The van der Waals surface area contributed by atoms with Gasteiger partial charge in [0.15, 0.2) is 0 Å². The molecule has 1 amide bonds. The monoisotopic (exact) mass is 290 g/mol. The van der Waals surface area contributed by atoms with Gasteiger partial charge in [-0.2, -0.15) is 0 Å². The number of benzene rings is 1. The molecule has 0 heterocycles. The van der Waals surface area contributed by atoms with E-state index in [1.165, 1.54) is 18.2 Å². The van der Waals surface area contributed by atoms with Crippen LogP contribution in [0.2, 0.25) is 0 Å². The highest BCUT2D eigenvalue weighted by atomic mass is 19.4. The number of amides is 1. The molecule has 112 valence electrons. The lowest BCUT2D eigenvalue weighted by molar-refractivity contribution is -0.274. The van der Waals surface area contributed by atoms with Crippen molar-refractivity contribution in [2.75, 3.05) is 13.1 Å². The van der Waals surface area contributed by atoms with Crippen LogP contribution in [0.25, 0.3) is 0 Å². The number of hydrogen-bond donors (Lipinski definition) is 2. The summed E-state index contributed by atoms with van der Waals surface area (Å²) in [5.41, 5.74) is 0.341. The summed E-state index contributed by atoms with van der Waals surface area (Å²) in [6, 6.07) is 5.82. The molecule has 0 aliphatic carbocycles. The Balaban J connectivity index is 2.49. The Kier molecular flexibility index (Phi) is 6.30. The molecule has 1 rings (SSSR count). The van der Waals surface area contributed by atoms with Crippen LogP contribution in [-0.2, 0) is 11.3 Å². The Morgan fingerprint density at radius 1 is 1.30 bits per heavy atom.